The van der Waals surface area contributed by atoms with Gasteiger partial charge in [-0.05, 0) is 55.5 Å². The molecule has 2 heterocycles. The molecular formula is C17H21BrN4. The quantitative estimate of drug-likeness (QED) is 0.872. The first kappa shape index (κ1) is 15.3. The minimum atomic E-state index is 0.654. The van der Waals surface area contributed by atoms with Gasteiger partial charge in [0.15, 0.2) is 0 Å². The van der Waals surface area contributed by atoms with E-state index in [1.807, 2.05) is 24.4 Å². The van der Waals surface area contributed by atoms with E-state index in [2.05, 4.69) is 56.0 Å². The molecule has 1 aromatic carbocycles. The van der Waals surface area contributed by atoms with Crippen LogP contribution in [0.25, 0.3) is 0 Å². The van der Waals surface area contributed by atoms with Crippen LogP contribution < -0.4 is 10.2 Å². The molecule has 0 saturated carbocycles. The summed E-state index contributed by atoms with van der Waals surface area (Å²) in [4.78, 5) is 11.4. The zero-order valence-corrected chi connectivity index (χ0v) is 14.6. The van der Waals surface area contributed by atoms with E-state index >= 15 is 0 Å². The van der Waals surface area contributed by atoms with E-state index in [1.54, 1.807) is 0 Å². The van der Waals surface area contributed by atoms with Crippen LogP contribution in [0.3, 0.4) is 0 Å². The Morgan fingerprint density at radius 3 is 2.95 bits per heavy atom. The number of aromatic nitrogens is 2. The van der Waals surface area contributed by atoms with Gasteiger partial charge >= 0.3 is 0 Å². The first-order valence-corrected chi connectivity index (χ1v) is 8.52. The molecule has 22 heavy (non-hydrogen) atoms. The van der Waals surface area contributed by atoms with E-state index < -0.39 is 0 Å². The molecule has 1 fully saturated rings. The van der Waals surface area contributed by atoms with E-state index in [4.69, 9.17) is 0 Å². The molecule has 0 radical (unpaired) electrons. The van der Waals surface area contributed by atoms with Crippen molar-refractivity contribution in [3.63, 3.8) is 0 Å². The molecule has 1 aromatic heterocycles. The molecule has 3 rings (SSSR count). The molecule has 0 spiro atoms. The minimum absolute atomic E-state index is 0.654. The number of benzene rings is 1. The van der Waals surface area contributed by atoms with Crippen molar-refractivity contribution in [3.05, 3.63) is 40.5 Å². The number of hydrogen-bond acceptors (Lipinski definition) is 4. The highest BCUT2D eigenvalue weighted by molar-refractivity contribution is 9.10. The molecule has 1 aliphatic rings. The summed E-state index contributed by atoms with van der Waals surface area (Å²) in [5.74, 6) is 2.40. The van der Waals surface area contributed by atoms with E-state index in [9.17, 15) is 0 Å². The lowest BCUT2D eigenvalue weighted by molar-refractivity contribution is 0.444. The summed E-state index contributed by atoms with van der Waals surface area (Å²) in [5.41, 5.74) is 2.20. The average molecular weight is 361 g/mol. The number of aryl methyl sites for hydroxylation is 1. The highest BCUT2D eigenvalue weighted by Crippen LogP contribution is 2.25. The van der Waals surface area contributed by atoms with Gasteiger partial charge in [-0.25, -0.2) is 4.98 Å². The van der Waals surface area contributed by atoms with E-state index in [1.165, 1.54) is 12.8 Å². The molecule has 4 nitrogen and oxygen atoms in total. The fourth-order valence-corrected chi connectivity index (χ4v) is 3.35. The minimum Gasteiger partial charge on any atom is -0.356 e. The highest BCUT2D eigenvalue weighted by Gasteiger charge is 2.18. The summed E-state index contributed by atoms with van der Waals surface area (Å²) in [6, 6.07) is 8.14. The van der Waals surface area contributed by atoms with Gasteiger partial charge in [-0.3, -0.25) is 0 Å². The SMILES string of the molecule is Cc1cc(Br)ccc1Nc1nccc(N2CCCC(C)C2)n1. The molecule has 0 bridgehead atoms. The van der Waals surface area contributed by atoms with Gasteiger partial charge in [-0.15, -0.1) is 0 Å². The third kappa shape index (κ3) is 3.58. The number of piperidine rings is 1. The molecule has 1 atom stereocenters. The van der Waals surface area contributed by atoms with Crippen LogP contribution in [0, 0.1) is 12.8 Å². The van der Waals surface area contributed by atoms with Crippen LogP contribution in [0.1, 0.15) is 25.3 Å². The number of hydrogen-bond donors (Lipinski definition) is 1. The van der Waals surface area contributed by atoms with Crippen LogP contribution in [-0.4, -0.2) is 23.1 Å². The second-order valence-electron chi connectivity index (χ2n) is 6.02. The van der Waals surface area contributed by atoms with E-state index in [0.29, 0.717) is 5.95 Å². The van der Waals surface area contributed by atoms with Crippen molar-refractivity contribution < 1.29 is 0 Å². The van der Waals surface area contributed by atoms with Crippen molar-refractivity contribution in [2.75, 3.05) is 23.3 Å². The molecule has 116 valence electrons. The lowest BCUT2D eigenvalue weighted by Crippen LogP contribution is -2.34. The third-order valence-electron chi connectivity index (χ3n) is 4.06. The molecule has 1 N–H and O–H groups in total. The van der Waals surface area contributed by atoms with Crippen LogP contribution >= 0.6 is 15.9 Å². The van der Waals surface area contributed by atoms with Gasteiger partial charge in [0.1, 0.15) is 5.82 Å². The van der Waals surface area contributed by atoms with Gasteiger partial charge in [0.2, 0.25) is 5.95 Å². The predicted octanol–water partition coefficient (Wildman–Crippen LogP) is 4.53. The molecular weight excluding hydrogens is 340 g/mol. The van der Waals surface area contributed by atoms with Gasteiger partial charge in [0.25, 0.3) is 0 Å². The topological polar surface area (TPSA) is 41.1 Å². The zero-order valence-electron chi connectivity index (χ0n) is 13.0. The summed E-state index contributed by atoms with van der Waals surface area (Å²) in [5, 5.41) is 3.32. The number of rotatable bonds is 3. The standard InChI is InChI=1S/C17H21BrN4/c1-12-4-3-9-22(11-12)16-7-8-19-17(21-16)20-15-6-5-14(18)10-13(15)2/h5-8,10,12H,3-4,9,11H2,1-2H3,(H,19,20,21). The van der Waals surface area contributed by atoms with Crippen molar-refractivity contribution in [2.24, 2.45) is 5.92 Å². The second-order valence-corrected chi connectivity index (χ2v) is 6.93. The first-order valence-electron chi connectivity index (χ1n) is 7.73. The van der Waals surface area contributed by atoms with Crippen LogP contribution in [0.15, 0.2) is 34.9 Å². The third-order valence-corrected chi connectivity index (χ3v) is 4.55. The molecule has 1 saturated heterocycles. The summed E-state index contributed by atoms with van der Waals surface area (Å²) in [7, 11) is 0. The summed E-state index contributed by atoms with van der Waals surface area (Å²) in [6.07, 6.45) is 4.38. The van der Waals surface area contributed by atoms with Crippen molar-refractivity contribution in [3.8, 4) is 0 Å². The van der Waals surface area contributed by atoms with E-state index in [0.717, 1.165) is 40.5 Å². The number of nitrogens with one attached hydrogen (secondary N) is 1. The van der Waals surface area contributed by atoms with Gasteiger partial charge < -0.3 is 10.2 Å². The summed E-state index contributed by atoms with van der Waals surface area (Å²) in [6.45, 7) is 6.53. The van der Waals surface area contributed by atoms with Crippen LogP contribution in [0.2, 0.25) is 0 Å². The molecule has 2 aromatic rings. The Balaban J connectivity index is 1.79. The molecule has 5 heteroatoms. The molecule has 0 aliphatic carbocycles. The molecule has 0 amide bonds. The van der Waals surface area contributed by atoms with Crippen LogP contribution in [-0.2, 0) is 0 Å². The van der Waals surface area contributed by atoms with Crippen molar-refractivity contribution in [2.45, 2.75) is 26.7 Å². The largest absolute Gasteiger partial charge is 0.356 e. The van der Waals surface area contributed by atoms with Gasteiger partial charge in [-0.2, -0.15) is 4.98 Å². The van der Waals surface area contributed by atoms with Crippen molar-refractivity contribution in [1.82, 2.24) is 9.97 Å². The lowest BCUT2D eigenvalue weighted by Gasteiger charge is -2.31. The normalized spacial score (nSPS) is 18.3. The predicted molar refractivity (Wildman–Crippen MR) is 94.8 cm³/mol. The Morgan fingerprint density at radius 1 is 1.32 bits per heavy atom. The Hall–Kier alpha value is -1.62. The average Bonchev–Trinajstić information content (AvgIpc) is 2.50. The van der Waals surface area contributed by atoms with Crippen molar-refractivity contribution >= 4 is 33.4 Å². The Morgan fingerprint density at radius 2 is 2.18 bits per heavy atom. The highest BCUT2D eigenvalue weighted by atomic mass is 79.9. The zero-order chi connectivity index (χ0) is 15.5. The smallest absolute Gasteiger partial charge is 0.229 e. The number of nitrogens with zero attached hydrogens (tertiary/aromatic N) is 3. The molecule has 1 aliphatic heterocycles. The summed E-state index contributed by atoms with van der Waals surface area (Å²) >= 11 is 3.49. The second kappa shape index (κ2) is 6.65. The summed E-state index contributed by atoms with van der Waals surface area (Å²) < 4.78 is 1.08. The maximum absolute atomic E-state index is 4.68. The van der Waals surface area contributed by atoms with Gasteiger partial charge in [0.05, 0.1) is 0 Å². The monoisotopic (exact) mass is 360 g/mol. The Bertz CT molecular complexity index is 659. The lowest BCUT2D eigenvalue weighted by atomic mass is 10.0. The van der Waals surface area contributed by atoms with Crippen molar-refractivity contribution in [1.29, 1.82) is 0 Å². The Kier molecular flexibility index (Phi) is 4.62. The fraction of sp³-hybridized carbons (Fsp3) is 0.412. The Labute approximate surface area is 140 Å². The number of anilines is 3. The molecule has 1 unspecified atom stereocenters. The fourth-order valence-electron chi connectivity index (χ4n) is 2.87. The first-order chi connectivity index (χ1) is 10.6. The van der Waals surface area contributed by atoms with Crippen LogP contribution in [0.5, 0.6) is 0 Å². The van der Waals surface area contributed by atoms with E-state index in [-0.39, 0.29) is 0 Å². The van der Waals surface area contributed by atoms with Gasteiger partial charge in [-0.1, -0.05) is 22.9 Å². The maximum Gasteiger partial charge on any atom is 0.229 e. The van der Waals surface area contributed by atoms with Crippen LogP contribution in [0.4, 0.5) is 17.5 Å². The number of halogens is 1. The van der Waals surface area contributed by atoms with Gasteiger partial charge in [0, 0.05) is 29.4 Å². The maximum atomic E-state index is 4.68.